The summed E-state index contributed by atoms with van der Waals surface area (Å²) in [5.41, 5.74) is 9.13. The van der Waals surface area contributed by atoms with E-state index in [0.29, 0.717) is 12.2 Å². The lowest BCUT2D eigenvalue weighted by Crippen LogP contribution is -2.32. The first-order valence-corrected chi connectivity index (χ1v) is 8.35. The molecule has 0 saturated carbocycles. The molecule has 0 aliphatic carbocycles. The summed E-state index contributed by atoms with van der Waals surface area (Å²) >= 11 is 3.23. The maximum atomic E-state index is 8.28. The van der Waals surface area contributed by atoms with Crippen LogP contribution in [-0.2, 0) is 4.84 Å². The zero-order chi connectivity index (χ0) is 16.5. The fraction of sp³-hybridized carbons (Fsp3) is 0.143. The van der Waals surface area contributed by atoms with E-state index < -0.39 is 0 Å². The van der Waals surface area contributed by atoms with Gasteiger partial charge >= 0.3 is 0 Å². The highest BCUT2D eigenvalue weighted by atomic mass is 32.2. The van der Waals surface area contributed by atoms with E-state index in [2.05, 4.69) is 33.8 Å². The zero-order valence-electron chi connectivity index (χ0n) is 12.3. The third kappa shape index (κ3) is 6.20. The number of hydrogen-bond acceptors (Lipinski definition) is 9. The molecular formula is C14H19N5O2S2. The van der Waals surface area contributed by atoms with Crippen LogP contribution >= 0.6 is 23.3 Å². The van der Waals surface area contributed by atoms with E-state index in [1.807, 2.05) is 18.2 Å². The maximum Gasteiger partial charge on any atom is 0.156 e. The molecule has 1 aromatic carbocycles. The summed E-state index contributed by atoms with van der Waals surface area (Å²) in [4.78, 5) is 5.72. The predicted octanol–water partition coefficient (Wildman–Crippen LogP) is 1.86. The lowest BCUT2D eigenvalue weighted by Gasteiger charge is -2.13. The quantitative estimate of drug-likeness (QED) is 0.201. The van der Waals surface area contributed by atoms with Gasteiger partial charge in [-0.05, 0) is 29.6 Å². The van der Waals surface area contributed by atoms with Gasteiger partial charge in [-0.15, -0.1) is 11.3 Å². The van der Waals surface area contributed by atoms with Crippen LogP contribution in [0, 0.1) is 0 Å². The Morgan fingerprint density at radius 2 is 2.09 bits per heavy atom. The van der Waals surface area contributed by atoms with Gasteiger partial charge in [0.15, 0.2) is 6.73 Å². The molecule has 124 valence electrons. The van der Waals surface area contributed by atoms with Crippen LogP contribution in [0.5, 0.6) is 0 Å². The molecule has 1 heterocycles. The summed E-state index contributed by atoms with van der Waals surface area (Å²) in [6, 6.07) is 14.4. The Morgan fingerprint density at radius 1 is 1.30 bits per heavy atom. The van der Waals surface area contributed by atoms with E-state index in [4.69, 9.17) is 16.8 Å². The Kier molecular flexibility index (Phi) is 7.36. The van der Waals surface area contributed by atoms with E-state index in [1.54, 1.807) is 17.0 Å². The summed E-state index contributed by atoms with van der Waals surface area (Å²) in [7, 11) is 0. The van der Waals surface area contributed by atoms with E-state index in [1.165, 1.54) is 33.6 Å². The molecule has 2 rings (SSSR count). The van der Waals surface area contributed by atoms with Crippen LogP contribution in [0.4, 0.5) is 0 Å². The molecule has 7 nitrogen and oxygen atoms in total. The van der Waals surface area contributed by atoms with Crippen LogP contribution in [0.3, 0.4) is 0 Å². The molecule has 23 heavy (non-hydrogen) atoms. The van der Waals surface area contributed by atoms with Crippen LogP contribution in [0.2, 0.25) is 0 Å². The topological polar surface area (TPSA) is 109 Å². The van der Waals surface area contributed by atoms with E-state index >= 15 is 0 Å². The normalized spacial score (nSPS) is 11.7. The lowest BCUT2D eigenvalue weighted by molar-refractivity contribution is -0.152. The summed E-state index contributed by atoms with van der Waals surface area (Å²) < 4.78 is 4.32. The Hall–Kier alpha value is -1.59. The largest absolute Gasteiger partial charge is 0.400 e. The number of benzene rings is 1. The number of hydrogen-bond donors (Lipinski definition) is 5. The number of thiophene rings is 1. The average Bonchev–Trinajstić information content (AvgIpc) is 3.02. The molecule has 1 aromatic heterocycles. The van der Waals surface area contributed by atoms with Crippen molar-refractivity contribution in [1.29, 1.82) is 0 Å². The first-order chi connectivity index (χ1) is 11.2. The second kappa shape index (κ2) is 9.53. The number of nitrogens with zero attached hydrogens (tertiary/aromatic N) is 1. The third-order valence-corrected chi connectivity index (χ3v) is 4.75. The van der Waals surface area contributed by atoms with Gasteiger partial charge in [-0.3, -0.25) is 19.8 Å². The van der Waals surface area contributed by atoms with Crippen molar-refractivity contribution in [2.75, 3.05) is 13.3 Å². The van der Waals surface area contributed by atoms with Crippen LogP contribution in [0.25, 0.3) is 10.4 Å². The van der Waals surface area contributed by atoms with Gasteiger partial charge in [0.2, 0.25) is 0 Å². The van der Waals surface area contributed by atoms with Gasteiger partial charge in [0.25, 0.3) is 0 Å². The minimum absolute atomic E-state index is 0.0320. The van der Waals surface area contributed by atoms with Crippen molar-refractivity contribution >= 4 is 23.3 Å². The van der Waals surface area contributed by atoms with Gasteiger partial charge in [-0.25, -0.2) is 5.84 Å². The molecule has 0 unspecified atom stereocenters. The fourth-order valence-electron chi connectivity index (χ4n) is 1.72. The van der Waals surface area contributed by atoms with Crippen molar-refractivity contribution < 1.29 is 10.0 Å². The zero-order valence-corrected chi connectivity index (χ0v) is 13.9. The molecule has 0 aliphatic rings. The van der Waals surface area contributed by atoms with Crippen molar-refractivity contribution in [1.82, 2.24) is 15.4 Å². The van der Waals surface area contributed by atoms with Crippen LogP contribution in [-0.4, -0.2) is 23.5 Å². The monoisotopic (exact) mass is 353 g/mol. The van der Waals surface area contributed by atoms with Gasteiger partial charge in [-0.1, -0.05) is 36.0 Å². The summed E-state index contributed by atoms with van der Waals surface area (Å²) in [5, 5.41) is 9.49. The number of rotatable bonds is 9. The van der Waals surface area contributed by atoms with Crippen molar-refractivity contribution in [2.45, 2.75) is 4.21 Å². The van der Waals surface area contributed by atoms with Crippen molar-refractivity contribution in [2.24, 2.45) is 11.6 Å². The van der Waals surface area contributed by atoms with E-state index in [9.17, 15) is 0 Å². The van der Waals surface area contributed by atoms with Gasteiger partial charge in [0, 0.05) is 23.3 Å². The SMILES string of the molecule is N/C(=C\N(N)CONO)CNSc1ccc(-c2ccccc2)s1. The highest BCUT2D eigenvalue weighted by molar-refractivity contribution is 7.99. The minimum Gasteiger partial charge on any atom is -0.400 e. The first kappa shape index (κ1) is 17.8. The van der Waals surface area contributed by atoms with Gasteiger partial charge in [0.1, 0.15) is 0 Å². The van der Waals surface area contributed by atoms with Crippen LogP contribution in [0.15, 0.2) is 58.6 Å². The summed E-state index contributed by atoms with van der Waals surface area (Å²) in [5.74, 6) is 5.58. The lowest BCUT2D eigenvalue weighted by atomic mass is 10.2. The van der Waals surface area contributed by atoms with Crippen molar-refractivity contribution in [3.8, 4) is 10.4 Å². The van der Waals surface area contributed by atoms with E-state index in [0.717, 1.165) is 4.21 Å². The molecule has 0 spiro atoms. The molecular weight excluding hydrogens is 334 g/mol. The summed E-state index contributed by atoms with van der Waals surface area (Å²) in [6.45, 7) is 0.430. The smallest absolute Gasteiger partial charge is 0.156 e. The van der Waals surface area contributed by atoms with Crippen molar-refractivity contribution in [3.63, 3.8) is 0 Å². The summed E-state index contributed by atoms with van der Waals surface area (Å²) in [6.07, 6.45) is 1.52. The van der Waals surface area contributed by atoms with Gasteiger partial charge in [-0.2, -0.15) is 0 Å². The molecule has 2 aromatic rings. The van der Waals surface area contributed by atoms with Crippen molar-refractivity contribution in [3.05, 3.63) is 54.4 Å². The van der Waals surface area contributed by atoms with Crippen LogP contribution < -0.4 is 21.9 Å². The molecule has 0 bridgehead atoms. The molecule has 0 aliphatic heterocycles. The number of nitrogens with two attached hydrogens (primary N) is 2. The molecule has 0 radical (unpaired) electrons. The molecule has 9 heteroatoms. The highest BCUT2D eigenvalue weighted by Gasteiger charge is 2.03. The Bertz CT molecular complexity index is 621. The molecule has 0 amide bonds. The molecule has 0 saturated heterocycles. The molecule has 7 N–H and O–H groups in total. The van der Waals surface area contributed by atoms with Gasteiger partial charge < -0.3 is 5.73 Å². The molecule has 0 fully saturated rings. The van der Waals surface area contributed by atoms with Gasteiger partial charge in [0.05, 0.1) is 4.21 Å². The first-order valence-electron chi connectivity index (χ1n) is 6.72. The Balaban J connectivity index is 1.78. The minimum atomic E-state index is -0.0320. The Morgan fingerprint density at radius 3 is 2.83 bits per heavy atom. The maximum absolute atomic E-state index is 8.28. The second-order valence-corrected chi connectivity index (χ2v) is 6.77. The third-order valence-electron chi connectivity index (χ3n) is 2.70. The van der Waals surface area contributed by atoms with Crippen LogP contribution in [0.1, 0.15) is 0 Å². The average molecular weight is 353 g/mol. The molecule has 0 atom stereocenters. The van der Waals surface area contributed by atoms with E-state index in [-0.39, 0.29) is 6.73 Å². The highest BCUT2D eigenvalue weighted by Crippen LogP contribution is 2.32. The Labute approximate surface area is 142 Å². The number of nitrogens with one attached hydrogen (secondary N) is 2. The fourth-order valence-corrected chi connectivity index (χ4v) is 3.60. The standard InChI is InChI=1S/C14H19N5O2S2/c15-12(9-19(16)10-21-18-20)8-17-23-14-7-6-13(22-14)11-4-2-1-3-5-11/h1-7,9,17-18,20H,8,10,15-16H2/b12-9-. The predicted molar refractivity (Wildman–Crippen MR) is 92.8 cm³/mol. The second-order valence-electron chi connectivity index (χ2n) is 4.49. The number of hydrazine groups is 1.